The first kappa shape index (κ1) is 23.0. The molecule has 0 aliphatic rings. The molecular formula is C26H26FNO4. The third-order valence-electron chi connectivity index (χ3n) is 5.15. The van der Waals surface area contributed by atoms with E-state index in [2.05, 4.69) is 17.4 Å². The van der Waals surface area contributed by atoms with Gasteiger partial charge in [-0.15, -0.1) is 0 Å². The normalized spacial score (nSPS) is 10.5. The Labute approximate surface area is 187 Å². The summed E-state index contributed by atoms with van der Waals surface area (Å²) in [5.41, 5.74) is 1.67. The number of nitrogens with one attached hydrogen (secondary N) is 1. The molecule has 0 spiro atoms. The third-order valence-corrected chi connectivity index (χ3v) is 5.15. The standard InChI is InChI=1S/C26H26FNO4/c1-31-24-16-20(23(29)15-9-6-12-18-10-4-3-5-11-18)22(17-25(24)32-2)28-26(30)19-13-7-8-14-21(19)27/h3-5,7-8,10-11,13-14,16-17H,6,9,12,15H2,1-2H3,(H,28,30). The van der Waals surface area contributed by atoms with Gasteiger partial charge in [-0.2, -0.15) is 0 Å². The molecule has 0 aromatic heterocycles. The van der Waals surface area contributed by atoms with E-state index in [0.29, 0.717) is 29.9 Å². The fourth-order valence-corrected chi connectivity index (χ4v) is 3.44. The van der Waals surface area contributed by atoms with Crippen LogP contribution in [-0.2, 0) is 6.42 Å². The fourth-order valence-electron chi connectivity index (χ4n) is 3.44. The first-order valence-electron chi connectivity index (χ1n) is 10.4. The topological polar surface area (TPSA) is 64.6 Å². The van der Waals surface area contributed by atoms with E-state index in [1.165, 1.54) is 44.0 Å². The Morgan fingerprint density at radius 2 is 1.50 bits per heavy atom. The van der Waals surface area contributed by atoms with E-state index in [4.69, 9.17) is 9.47 Å². The molecule has 0 radical (unpaired) electrons. The van der Waals surface area contributed by atoms with Crippen molar-refractivity contribution in [1.29, 1.82) is 0 Å². The minimum absolute atomic E-state index is 0.108. The number of ketones is 1. The molecule has 6 heteroatoms. The molecule has 3 rings (SSSR count). The molecule has 0 saturated carbocycles. The Morgan fingerprint density at radius 3 is 2.19 bits per heavy atom. The van der Waals surface area contributed by atoms with Crippen LogP contribution in [0.5, 0.6) is 11.5 Å². The van der Waals surface area contributed by atoms with Crippen LogP contribution in [0.4, 0.5) is 10.1 Å². The van der Waals surface area contributed by atoms with Crippen LogP contribution in [0.3, 0.4) is 0 Å². The zero-order valence-electron chi connectivity index (χ0n) is 18.2. The van der Waals surface area contributed by atoms with Crippen LogP contribution in [0.15, 0.2) is 66.7 Å². The van der Waals surface area contributed by atoms with E-state index in [9.17, 15) is 14.0 Å². The Balaban J connectivity index is 1.77. The Hall–Kier alpha value is -3.67. The molecule has 3 aromatic rings. The van der Waals surface area contributed by atoms with Gasteiger partial charge in [0, 0.05) is 18.1 Å². The quantitative estimate of drug-likeness (QED) is 0.328. The van der Waals surface area contributed by atoms with Gasteiger partial charge in [-0.05, 0) is 43.0 Å². The minimum Gasteiger partial charge on any atom is -0.493 e. The van der Waals surface area contributed by atoms with Crippen molar-refractivity contribution in [3.05, 3.63) is 89.2 Å². The molecule has 166 valence electrons. The number of rotatable bonds is 10. The van der Waals surface area contributed by atoms with Gasteiger partial charge in [0.2, 0.25) is 0 Å². The lowest BCUT2D eigenvalue weighted by Gasteiger charge is -2.15. The van der Waals surface area contributed by atoms with Gasteiger partial charge in [-0.25, -0.2) is 4.39 Å². The van der Waals surface area contributed by atoms with Crippen LogP contribution in [-0.4, -0.2) is 25.9 Å². The fraction of sp³-hybridized carbons (Fsp3) is 0.231. The molecule has 0 atom stereocenters. The monoisotopic (exact) mass is 435 g/mol. The predicted molar refractivity (Wildman–Crippen MR) is 122 cm³/mol. The number of aryl methyl sites for hydroxylation is 1. The van der Waals surface area contributed by atoms with Crippen LogP contribution >= 0.6 is 0 Å². The molecule has 1 N–H and O–H groups in total. The van der Waals surface area contributed by atoms with Gasteiger partial charge >= 0.3 is 0 Å². The van der Waals surface area contributed by atoms with E-state index in [-0.39, 0.29) is 17.0 Å². The highest BCUT2D eigenvalue weighted by Gasteiger charge is 2.20. The molecule has 3 aromatic carbocycles. The van der Waals surface area contributed by atoms with Crippen molar-refractivity contribution >= 4 is 17.4 Å². The number of anilines is 1. The lowest BCUT2D eigenvalue weighted by Crippen LogP contribution is -2.16. The van der Waals surface area contributed by atoms with Crippen molar-refractivity contribution in [2.45, 2.75) is 25.7 Å². The minimum atomic E-state index is -0.645. The van der Waals surface area contributed by atoms with E-state index in [1.807, 2.05) is 18.2 Å². The zero-order valence-corrected chi connectivity index (χ0v) is 18.2. The van der Waals surface area contributed by atoms with Crippen molar-refractivity contribution in [3.63, 3.8) is 0 Å². The van der Waals surface area contributed by atoms with E-state index in [0.717, 1.165) is 12.8 Å². The summed E-state index contributed by atoms with van der Waals surface area (Å²) in [4.78, 5) is 25.7. The Kier molecular flexibility index (Phi) is 7.97. The van der Waals surface area contributed by atoms with Crippen molar-refractivity contribution in [3.8, 4) is 11.5 Å². The van der Waals surface area contributed by atoms with Gasteiger partial charge in [0.25, 0.3) is 5.91 Å². The van der Waals surface area contributed by atoms with Gasteiger partial charge < -0.3 is 14.8 Å². The number of hydrogen-bond acceptors (Lipinski definition) is 4. The number of Topliss-reactive ketones (excluding diaryl/α,β-unsaturated/α-hetero) is 1. The average molecular weight is 435 g/mol. The smallest absolute Gasteiger partial charge is 0.258 e. The highest BCUT2D eigenvalue weighted by Crippen LogP contribution is 2.34. The van der Waals surface area contributed by atoms with Crippen molar-refractivity contribution in [1.82, 2.24) is 0 Å². The lowest BCUT2D eigenvalue weighted by molar-refractivity contribution is 0.0980. The number of carbonyl (C=O) groups is 2. The molecule has 0 fully saturated rings. The summed E-state index contributed by atoms with van der Waals surface area (Å²) in [6, 6.07) is 18.8. The molecule has 0 saturated heterocycles. The molecule has 32 heavy (non-hydrogen) atoms. The molecular weight excluding hydrogens is 409 g/mol. The predicted octanol–water partition coefficient (Wildman–Crippen LogP) is 5.69. The van der Waals surface area contributed by atoms with E-state index in [1.54, 1.807) is 12.1 Å². The number of methoxy groups -OCH3 is 2. The molecule has 0 aliphatic heterocycles. The summed E-state index contributed by atoms with van der Waals surface area (Å²) >= 11 is 0. The van der Waals surface area contributed by atoms with Crippen LogP contribution in [0.2, 0.25) is 0 Å². The van der Waals surface area contributed by atoms with Gasteiger partial charge in [0.15, 0.2) is 17.3 Å². The summed E-state index contributed by atoms with van der Waals surface area (Å²) in [5.74, 6) is -0.684. The van der Waals surface area contributed by atoms with Gasteiger partial charge in [0.1, 0.15) is 5.82 Å². The third kappa shape index (κ3) is 5.72. The van der Waals surface area contributed by atoms with Crippen LogP contribution < -0.4 is 14.8 Å². The summed E-state index contributed by atoms with van der Waals surface area (Å²) in [5, 5.41) is 2.66. The van der Waals surface area contributed by atoms with Crippen molar-refractivity contribution in [2.75, 3.05) is 19.5 Å². The first-order valence-corrected chi connectivity index (χ1v) is 10.4. The summed E-state index contributed by atoms with van der Waals surface area (Å²) in [6.45, 7) is 0. The first-order chi connectivity index (χ1) is 15.5. The number of amides is 1. The van der Waals surface area contributed by atoms with E-state index >= 15 is 0 Å². The summed E-state index contributed by atoms with van der Waals surface area (Å²) in [6.07, 6.45) is 2.75. The highest BCUT2D eigenvalue weighted by atomic mass is 19.1. The summed E-state index contributed by atoms with van der Waals surface area (Å²) < 4.78 is 24.7. The Bertz CT molecular complexity index is 1080. The maximum absolute atomic E-state index is 14.0. The maximum atomic E-state index is 14.0. The van der Waals surface area contributed by atoms with Crippen LogP contribution in [0.1, 0.15) is 45.5 Å². The highest BCUT2D eigenvalue weighted by molar-refractivity contribution is 6.10. The second kappa shape index (κ2) is 11.1. The maximum Gasteiger partial charge on any atom is 0.258 e. The van der Waals surface area contributed by atoms with E-state index < -0.39 is 11.7 Å². The van der Waals surface area contributed by atoms with Crippen LogP contribution in [0, 0.1) is 5.82 Å². The number of benzene rings is 3. The number of unbranched alkanes of at least 4 members (excludes halogenated alkanes) is 1. The number of halogens is 1. The lowest BCUT2D eigenvalue weighted by atomic mass is 10.0. The van der Waals surface area contributed by atoms with Crippen molar-refractivity contribution in [2.24, 2.45) is 0 Å². The molecule has 0 bridgehead atoms. The van der Waals surface area contributed by atoms with Gasteiger partial charge in [0.05, 0.1) is 25.5 Å². The molecule has 0 unspecified atom stereocenters. The number of hydrogen-bond donors (Lipinski definition) is 1. The Morgan fingerprint density at radius 1 is 0.844 bits per heavy atom. The van der Waals surface area contributed by atoms with Gasteiger partial charge in [-0.1, -0.05) is 42.5 Å². The molecule has 0 heterocycles. The number of carbonyl (C=O) groups excluding carboxylic acids is 2. The number of ether oxygens (including phenoxy) is 2. The second-order valence-electron chi connectivity index (χ2n) is 7.30. The van der Waals surface area contributed by atoms with Crippen LogP contribution in [0.25, 0.3) is 0 Å². The second-order valence-corrected chi connectivity index (χ2v) is 7.30. The zero-order chi connectivity index (χ0) is 22.9. The summed E-state index contributed by atoms with van der Waals surface area (Å²) in [7, 11) is 2.94. The SMILES string of the molecule is COc1cc(NC(=O)c2ccccc2F)c(C(=O)CCCCc2ccccc2)cc1OC. The van der Waals surface area contributed by atoms with Crippen molar-refractivity contribution < 1.29 is 23.5 Å². The average Bonchev–Trinajstić information content (AvgIpc) is 2.82. The molecule has 5 nitrogen and oxygen atoms in total. The molecule has 1 amide bonds. The van der Waals surface area contributed by atoms with Gasteiger partial charge in [-0.3, -0.25) is 9.59 Å². The largest absolute Gasteiger partial charge is 0.493 e. The molecule has 0 aliphatic carbocycles.